The SMILES string of the molecule is C=C1CCC2(O)CC3OC3(C)CCC=C(C)CCC1C2(C)C. The van der Waals surface area contributed by atoms with Gasteiger partial charge in [0.15, 0.2) is 0 Å². The molecule has 124 valence electrons. The van der Waals surface area contributed by atoms with E-state index in [4.69, 9.17) is 4.74 Å². The molecule has 4 atom stereocenters. The first-order valence-electron chi connectivity index (χ1n) is 8.91. The third kappa shape index (κ3) is 2.59. The molecule has 22 heavy (non-hydrogen) atoms. The Labute approximate surface area is 135 Å². The van der Waals surface area contributed by atoms with Gasteiger partial charge in [-0.1, -0.05) is 37.6 Å². The second-order valence-electron chi connectivity index (χ2n) is 8.72. The van der Waals surface area contributed by atoms with Gasteiger partial charge in [0.25, 0.3) is 0 Å². The molecule has 2 bridgehead atoms. The van der Waals surface area contributed by atoms with Gasteiger partial charge in [-0.05, 0) is 58.3 Å². The fraction of sp³-hybridized carbons (Fsp3) is 0.800. The van der Waals surface area contributed by atoms with Gasteiger partial charge in [-0.25, -0.2) is 0 Å². The van der Waals surface area contributed by atoms with Crippen LogP contribution in [0.3, 0.4) is 0 Å². The molecule has 1 saturated heterocycles. The normalized spacial score (nSPS) is 45.1. The number of aliphatic hydroxyl groups is 1. The van der Waals surface area contributed by atoms with E-state index in [-0.39, 0.29) is 17.1 Å². The molecular weight excluding hydrogens is 272 g/mol. The minimum Gasteiger partial charge on any atom is -0.389 e. The van der Waals surface area contributed by atoms with E-state index in [1.165, 1.54) is 11.1 Å². The van der Waals surface area contributed by atoms with E-state index in [2.05, 4.69) is 40.3 Å². The van der Waals surface area contributed by atoms with Crippen LogP contribution in [0.25, 0.3) is 0 Å². The minimum atomic E-state index is -0.627. The van der Waals surface area contributed by atoms with Crippen LogP contribution in [0.15, 0.2) is 23.8 Å². The van der Waals surface area contributed by atoms with Gasteiger partial charge in [-0.3, -0.25) is 0 Å². The summed E-state index contributed by atoms with van der Waals surface area (Å²) in [5, 5.41) is 11.5. The van der Waals surface area contributed by atoms with Crippen LogP contribution in [0.1, 0.15) is 72.6 Å². The first-order valence-corrected chi connectivity index (χ1v) is 8.91. The second-order valence-corrected chi connectivity index (χ2v) is 8.72. The molecule has 3 rings (SSSR count). The molecule has 3 aliphatic rings. The molecule has 0 spiro atoms. The molecule has 2 heteroatoms. The lowest BCUT2D eigenvalue weighted by atomic mass is 9.55. The van der Waals surface area contributed by atoms with E-state index in [1.807, 2.05) is 0 Å². The third-order valence-corrected chi connectivity index (χ3v) is 6.94. The Morgan fingerprint density at radius 3 is 2.68 bits per heavy atom. The largest absolute Gasteiger partial charge is 0.389 e. The lowest BCUT2D eigenvalue weighted by Gasteiger charge is -2.52. The highest BCUT2D eigenvalue weighted by molar-refractivity contribution is 5.20. The van der Waals surface area contributed by atoms with Crippen LogP contribution in [-0.2, 0) is 4.74 Å². The molecule has 1 N–H and O–H groups in total. The number of ether oxygens (including phenoxy) is 1. The Morgan fingerprint density at radius 2 is 1.95 bits per heavy atom. The molecule has 0 amide bonds. The lowest BCUT2D eigenvalue weighted by Crippen LogP contribution is -2.53. The van der Waals surface area contributed by atoms with Crippen molar-refractivity contribution in [2.45, 2.75) is 89.9 Å². The summed E-state index contributed by atoms with van der Waals surface area (Å²) in [6.45, 7) is 13.3. The van der Waals surface area contributed by atoms with Crippen molar-refractivity contribution in [2.75, 3.05) is 0 Å². The number of fused-ring (bicyclic) bond motifs is 3. The van der Waals surface area contributed by atoms with Crippen molar-refractivity contribution in [3.05, 3.63) is 23.8 Å². The van der Waals surface area contributed by atoms with Gasteiger partial charge in [0.2, 0.25) is 0 Å². The molecule has 2 fully saturated rings. The number of hydrogen-bond donors (Lipinski definition) is 1. The maximum absolute atomic E-state index is 11.5. The first kappa shape index (κ1) is 16.3. The topological polar surface area (TPSA) is 32.8 Å². The van der Waals surface area contributed by atoms with E-state index < -0.39 is 5.60 Å². The summed E-state index contributed by atoms with van der Waals surface area (Å²) >= 11 is 0. The van der Waals surface area contributed by atoms with Crippen LogP contribution < -0.4 is 0 Å². The second kappa shape index (κ2) is 5.21. The lowest BCUT2D eigenvalue weighted by molar-refractivity contribution is -0.120. The van der Waals surface area contributed by atoms with E-state index in [1.54, 1.807) is 0 Å². The Hall–Kier alpha value is -0.600. The molecule has 1 saturated carbocycles. The van der Waals surface area contributed by atoms with Gasteiger partial charge < -0.3 is 9.84 Å². The van der Waals surface area contributed by atoms with E-state index >= 15 is 0 Å². The van der Waals surface area contributed by atoms with Gasteiger partial charge in [0.05, 0.1) is 17.3 Å². The predicted octanol–water partition coefficient (Wildman–Crippen LogP) is 4.78. The highest BCUT2D eigenvalue weighted by atomic mass is 16.6. The Kier molecular flexibility index (Phi) is 3.85. The number of allylic oxidation sites excluding steroid dienone is 3. The van der Waals surface area contributed by atoms with Gasteiger partial charge in [-0.15, -0.1) is 0 Å². The zero-order valence-electron chi connectivity index (χ0n) is 14.7. The summed E-state index contributed by atoms with van der Waals surface area (Å²) in [5.74, 6) is 0.402. The highest BCUT2D eigenvalue weighted by Crippen LogP contribution is 2.57. The number of epoxide rings is 1. The number of hydrogen-bond acceptors (Lipinski definition) is 2. The minimum absolute atomic E-state index is 0.0221. The Balaban J connectivity index is 1.93. The third-order valence-electron chi connectivity index (χ3n) is 6.94. The van der Waals surface area contributed by atoms with Crippen molar-refractivity contribution in [2.24, 2.45) is 11.3 Å². The molecule has 1 aliphatic heterocycles. The van der Waals surface area contributed by atoms with Gasteiger partial charge in [0, 0.05) is 11.8 Å². The first-order chi connectivity index (χ1) is 10.2. The molecule has 2 aliphatic carbocycles. The molecule has 2 nitrogen and oxygen atoms in total. The van der Waals surface area contributed by atoms with Crippen molar-refractivity contribution in [3.63, 3.8) is 0 Å². The molecule has 0 radical (unpaired) electrons. The smallest absolute Gasteiger partial charge is 0.0924 e. The predicted molar refractivity (Wildman–Crippen MR) is 90.7 cm³/mol. The fourth-order valence-electron chi connectivity index (χ4n) is 4.78. The molecule has 0 aromatic carbocycles. The van der Waals surface area contributed by atoms with Gasteiger partial charge in [-0.2, -0.15) is 0 Å². The quantitative estimate of drug-likeness (QED) is 0.516. The monoisotopic (exact) mass is 304 g/mol. The van der Waals surface area contributed by atoms with E-state index in [9.17, 15) is 5.11 Å². The van der Waals surface area contributed by atoms with Crippen LogP contribution in [0.4, 0.5) is 0 Å². The maximum atomic E-state index is 11.5. The summed E-state index contributed by atoms with van der Waals surface area (Å²) in [6.07, 6.45) is 9.56. The van der Waals surface area contributed by atoms with Crippen LogP contribution in [0.2, 0.25) is 0 Å². The fourth-order valence-corrected chi connectivity index (χ4v) is 4.78. The maximum Gasteiger partial charge on any atom is 0.0924 e. The molecule has 0 aromatic heterocycles. The van der Waals surface area contributed by atoms with Crippen molar-refractivity contribution >= 4 is 0 Å². The summed E-state index contributed by atoms with van der Waals surface area (Å²) in [4.78, 5) is 0. The average Bonchev–Trinajstić information content (AvgIpc) is 3.03. The average molecular weight is 304 g/mol. The van der Waals surface area contributed by atoms with Gasteiger partial charge >= 0.3 is 0 Å². The van der Waals surface area contributed by atoms with Crippen molar-refractivity contribution < 1.29 is 9.84 Å². The van der Waals surface area contributed by atoms with Gasteiger partial charge in [0.1, 0.15) is 0 Å². The molecule has 0 aromatic rings. The Morgan fingerprint density at radius 1 is 1.23 bits per heavy atom. The molecule has 1 heterocycles. The van der Waals surface area contributed by atoms with Crippen LogP contribution in [0, 0.1) is 11.3 Å². The highest BCUT2D eigenvalue weighted by Gasteiger charge is 2.59. The molecule has 4 unspecified atom stereocenters. The zero-order chi connectivity index (χ0) is 16.2. The van der Waals surface area contributed by atoms with E-state index in [0.29, 0.717) is 5.92 Å². The molecular formula is C20H32O2. The Bertz CT molecular complexity index is 504. The van der Waals surface area contributed by atoms with Crippen molar-refractivity contribution in [1.82, 2.24) is 0 Å². The standard InChI is InChI=1S/C20H32O2/c1-14-7-6-11-19(5)17(22-19)13-20(21)12-10-15(2)16(9-8-14)18(20,3)4/h7,16-17,21H,2,6,8-13H2,1,3-5H3. The summed E-state index contributed by atoms with van der Waals surface area (Å²) in [5.41, 5.74) is 2.02. The summed E-state index contributed by atoms with van der Waals surface area (Å²) in [6, 6.07) is 0. The van der Waals surface area contributed by atoms with Crippen LogP contribution >= 0.6 is 0 Å². The van der Waals surface area contributed by atoms with Crippen molar-refractivity contribution in [3.8, 4) is 0 Å². The summed E-state index contributed by atoms with van der Waals surface area (Å²) < 4.78 is 6.02. The van der Waals surface area contributed by atoms with Crippen LogP contribution in [0.5, 0.6) is 0 Å². The van der Waals surface area contributed by atoms with Crippen LogP contribution in [-0.4, -0.2) is 22.4 Å². The zero-order valence-corrected chi connectivity index (χ0v) is 14.7. The summed E-state index contributed by atoms with van der Waals surface area (Å²) in [7, 11) is 0. The number of rotatable bonds is 0. The van der Waals surface area contributed by atoms with Crippen molar-refractivity contribution in [1.29, 1.82) is 0 Å². The van der Waals surface area contributed by atoms with E-state index in [0.717, 1.165) is 44.9 Å².